The Labute approximate surface area is 154 Å². The van der Waals surface area contributed by atoms with Crippen molar-refractivity contribution in [2.75, 3.05) is 5.32 Å². The highest BCUT2D eigenvalue weighted by atomic mass is 15.0. The summed E-state index contributed by atoms with van der Waals surface area (Å²) in [6, 6.07) is 18.8. The van der Waals surface area contributed by atoms with Crippen LogP contribution in [0.5, 0.6) is 0 Å². The molecule has 3 aromatic rings. The molecule has 0 saturated carbocycles. The molecular weight excluding hydrogens is 314 g/mol. The largest absolute Gasteiger partial charge is 0.377 e. The number of hydrogen-bond acceptors (Lipinski definition) is 1. The highest BCUT2D eigenvalue weighted by Crippen LogP contribution is 2.51. The number of para-hydroxylation sites is 1. The van der Waals surface area contributed by atoms with Crippen LogP contribution in [0.4, 0.5) is 5.69 Å². The second kappa shape index (κ2) is 5.23. The molecule has 1 nitrogen and oxygen atoms in total. The van der Waals surface area contributed by atoms with Crippen LogP contribution in [0.1, 0.15) is 46.2 Å². The van der Waals surface area contributed by atoms with Crippen molar-refractivity contribution in [3.63, 3.8) is 0 Å². The Morgan fingerprint density at radius 2 is 1.73 bits per heavy atom. The van der Waals surface area contributed by atoms with Gasteiger partial charge in [-0.2, -0.15) is 0 Å². The van der Waals surface area contributed by atoms with Crippen molar-refractivity contribution in [3.8, 4) is 0 Å². The summed E-state index contributed by atoms with van der Waals surface area (Å²) in [4.78, 5) is 0. The molecular formula is C25H23N. The lowest BCUT2D eigenvalue weighted by molar-refractivity contribution is 0.427. The molecule has 0 aromatic heterocycles. The monoisotopic (exact) mass is 337 g/mol. The van der Waals surface area contributed by atoms with Gasteiger partial charge in [0.2, 0.25) is 0 Å². The highest BCUT2D eigenvalue weighted by molar-refractivity contribution is 5.94. The van der Waals surface area contributed by atoms with E-state index in [1.165, 1.54) is 63.5 Å². The molecule has 0 saturated heterocycles. The third-order valence-corrected chi connectivity index (χ3v) is 6.85. The number of rotatable bonds is 1. The average Bonchev–Trinajstić information content (AvgIpc) is 3.31. The number of hydrogen-bond donors (Lipinski definition) is 1. The molecule has 0 fully saturated rings. The third kappa shape index (κ3) is 1.86. The van der Waals surface area contributed by atoms with E-state index in [2.05, 4.69) is 72.9 Å². The van der Waals surface area contributed by atoms with Crippen molar-refractivity contribution >= 4 is 16.5 Å². The van der Waals surface area contributed by atoms with Crippen molar-refractivity contribution in [3.05, 3.63) is 88.5 Å². The first kappa shape index (κ1) is 14.6. The van der Waals surface area contributed by atoms with E-state index in [0.29, 0.717) is 17.9 Å². The van der Waals surface area contributed by atoms with E-state index in [9.17, 15) is 0 Å². The Balaban J connectivity index is 1.57. The van der Waals surface area contributed by atoms with Crippen LogP contribution >= 0.6 is 0 Å². The summed E-state index contributed by atoms with van der Waals surface area (Å²) in [5, 5.41) is 6.97. The molecule has 0 bridgehead atoms. The number of benzene rings is 3. The molecule has 3 aromatic carbocycles. The van der Waals surface area contributed by atoms with Crippen molar-refractivity contribution < 1.29 is 0 Å². The zero-order valence-electron chi connectivity index (χ0n) is 15.1. The number of allylic oxidation sites excluding steroid dienone is 2. The number of nitrogens with one attached hydrogen (secondary N) is 1. The summed E-state index contributed by atoms with van der Waals surface area (Å²) in [5.41, 5.74) is 8.75. The van der Waals surface area contributed by atoms with Gasteiger partial charge in [0.05, 0.1) is 6.04 Å². The standard InChI is InChI=1S/C25H23N/c1-15-5-2-9-20-18-7-4-10-21(18)25(26-24(15)20)22-14-13-17-12-11-16-6-3-8-19(22)23(16)17/h2-9,13-14,18,21,25-26H,10-12H2,1H3/t18-,21-,25+/m0/s1. The Kier molecular flexibility index (Phi) is 2.94. The van der Waals surface area contributed by atoms with Crippen LogP contribution in [0.3, 0.4) is 0 Å². The van der Waals surface area contributed by atoms with Crippen LogP contribution in [-0.4, -0.2) is 0 Å². The molecule has 0 unspecified atom stereocenters. The fourth-order valence-electron chi connectivity index (χ4n) is 5.63. The summed E-state index contributed by atoms with van der Waals surface area (Å²) in [7, 11) is 0. The maximum Gasteiger partial charge on any atom is 0.0560 e. The first-order valence-electron chi connectivity index (χ1n) is 9.87. The Morgan fingerprint density at radius 1 is 0.885 bits per heavy atom. The van der Waals surface area contributed by atoms with Crippen molar-refractivity contribution in [1.82, 2.24) is 0 Å². The topological polar surface area (TPSA) is 12.0 Å². The molecule has 2 aliphatic carbocycles. The lowest BCUT2D eigenvalue weighted by Gasteiger charge is -2.39. The maximum atomic E-state index is 3.96. The summed E-state index contributed by atoms with van der Waals surface area (Å²) in [5.74, 6) is 1.15. The first-order valence-corrected chi connectivity index (χ1v) is 9.87. The van der Waals surface area contributed by atoms with Gasteiger partial charge in [-0.25, -0.2) is 0 Å². The van der Waals surface area contributed by atoms with Crippen LogP contribution in [0.2, 0.25) is 0 Å². The van der Waals surface area contributed by atoms with Gasteiger partial charge in [-0.3, -0.25) is 0 Å². The third-order valence-electron chi connectivity index (χ3n) is 6.85. The van der Waals surface area contributed by atoms with Gasteiger partial charge in [0.1, 0.15) is 0 Å². The van der Waals surface area contributed by atoms with Gasteiger partial charge in [-0.1, -0.05) is 60.7 Å². The van der Waals surface area contributed by atoms with Gasteiger partial charge in [-0.05, 0) is 70.7 Å². The Hall–Kier alpha value is -2.54. The van der Waals surface area contributed by atoms with Gasteiger partial charge >= 0.3 is 0 Å². The van der Waals surface area contributed by atoms with Crippen LogP contribution in [0.15, 0.2) is 60.7 Å². The van der Waals surface area contributed by atoms with Gasteiger partial charge in [0.25, 0.3) is 0 Å². The molecule has 1 heteroatoms. The number of aryl methyl sites for hydroxylation is 3. The molecule has 6 rings (SSSR count). The van der Waals surface area contributed by atoms with Crippen LogP contribution in [0, 0.1) is 12.8 Å². The van der Waals surface area contributed by atoms with Gasteiger partial charge in [-0.15, -0.1) is 0 Å². The first-order chi connectivity index (χ1) is 12.8. The molecule has 3 atom stereocenters. The summed E-state index contributed by atoms with van der Waals surface area (Å²) in [6.45, 7) is 2.23. The fourth-order valence-corrected chi connectivity index (χ4v) is 5.63. The van der Waals surface area contributed by atoms with E-state index in [1.807, 2.05) is 0 Å². The molecule has 26 heavy (non-hydrogen) atoms. The fraction of sp³-hybridized carbons (Fsp3) is 0.280. The average molecular weight is 337 g/mol. The van der Waals surface area contributed by atoms with Gasteiger partial charge in [0, 0.05) is 11.6 Å². The zero-order valence-corrected chi connectivity index (χ0v) is 15.1. The second-order valence-corrected chi connectivity index (χ2v) is 8.17. The molecule has 1 aliphatic heterocycles. The lowest BCUT2D eigenvalue weighted by atomic mass is 9.75. The second-order valence-electron chi connectivity index (χ2n) is 8.17. The molecule has 0 spiro atoms. The molecule has 1 heterocycles. The van der Waals surface area contributed by atoms with Crippen LogP contribution in [-0.2, 0) is 12.8 Å². The van der Waals surface area contributed by atoms with Gasteiger partial charge in [0.15, 0.2) is 0 Å². The van der Waals surface area contributed by atoms with E-state index < -0.39 is 0 Å². The van der Waals surface area contributed by atoms with E-state index in [-0.39, 0.29) is 0 Å². The minimum Gasteiger partial charge on any atom is -0.377 e. The lowest BCUT2D eigenvalue weighted by Crippen LogP contribution is -2.29. The highest BCUT2D eigenvalue weighted by Gasteiger charge is 2.39. The molecule has 0 amide bonds. The Morgan fingerprint density at radius 3 is 2.65 bits per heavy atom. The number of fused-ring (bicyclic) bond motifs is 3. The molecule has 1 N–H and O–H groups in total. The quantitative estimate of drug-likeness (QED) is 0.531. The molecule has 0 radical (unpaired) electrons. The summed E-state index contributed by atoms with van der Waals surface area (Å²) in [6.07, 6.45) is 8.39. The van der Waals surface area contributed by atoms with E-state index in [4.69, 9.17) is 0 Å². The molecule has 128 valence electrons. The SMILES string of the molecule is Cc1cccc2c1N[C@@H](c1ccc3c4c(cccc14)CC3)[C@H]1CC=C[C@@H]21. The minimum absolute atomic E-state index is 0.383. The van der Waals surface area contributed by atoms with Crippen molar-refractivity contribution in [2.45, 2.75) is 38.1 Å². The predicted molar refractivity (Wildman–Crippen MR) is 109 cm³/mol. The Bertz CT molecular complexity index is 1060. The van der Waals surface area contributed by atoms with E-state index in [0.717, 1.165) is 0 Å². The summed E-state index contributed by atoms with van der Waals surface area (Å²) >= 11 is 0. The van der Waals surface area contributed by atoms with Crippen LogP contribution in [0.25, 0.3) is 10.8 Å². The maximum absolute atomic E-state index is 3.96. The number of anilines is 1. The summed E-state index contributed by atoms with van der Waals surface area (Å²) < 4.78 is 0. The van der Waals surface area contributed by atoms with Crippen molar-refractivity contribution in [2.24, 2.45) is 5.92 Å². The van der Waals surface area contributed by atoms with Crippen molar-refractivity contribution in [1.29, 1.82) is 0 Å². The smallest absolute Gasteiger partial charge is 0.0560 e. The minimum atomic E-state index is 0.383. The van der Waals surface area contributed by atoms with Crippen LogP contribution < -0.4 is 5.32 Å². The molecule has 3 aliphatic rings. The van der Waals surface area contributed by atoms with Gasteiger partial charge < -0.3 is 5.32 Å². The predicted octanol–water partition coefficient (Wildman–Crippen LogP) is 6.07. The van der Waals surface area contributed by atoms with E-state index in [1.54, 1.807) is 0 Å². The van der Waals surface area contributed by atoms with E-state index >= 15 is 0 Å². The zero-order chi connectivity index (χ0) is 17.3. The normalized spacial score (nSPS) is 25.2.